The van der Waals surface area contributed by atoms with E-state index < -0.39 is 29.7 Å². The fourth-order valence-corrected chi connectivity index (χ4v) is 3.63. The molecule has 2 heterocycles. The monoisotopic (exact) mass is 368 g/mol. The first-order chi connectivity index (χ1) is 12.8. The van der Waals surface area contributed by atoms with Crippen LogP contribution in [0.2, 0.25) is 0 Å². The van der Waals surface area contributed by atoms with Gasteiger partial charge in [-0.25, -0.2) is 0 Å². The highest BCUT2D eigenvalue weighted by molar-refractivity contribution is 6.05. The van der Waals surface area contributed by atoms with Gasteiger partial charge in [0.1, 0.15) is 22.5 Å². The molecule has 6 nitrogen and oxygen atoms in total. The molecule has 0 aliphatic carbocycles. The second-order valence-corrected chi connectivity index (χ2v) is 7.25. The van der Waals surface area contributed by atoms with E-state index in [-0.39, 0.29) is 0 Å². The summed E-state index contributed by atoms with van der Waals surface area (Å²) < 4.78 is 23.1. The molecule has 0 amide bonds. The van der Waals surface area contributed by atoms with E-state index >= 15 is 0 Å². The first-order valence-corrected chi connectivity index (χ1v) is 8.75. The van der Waals surface area contributed by atoms with E-state index in [9.17, 15) is 9.59 Å². The lowest BCUT2D eigenvalue weighted by Crippen LogP contribution is -2.51. The lowest BCUT2D eigenvalue weighted by molar-refractivity contribution is -0.187. The lowest BCUT2D eigenvalue weighted by atomic mass is 9.87. The van der Waals surface area contributed by atoms with Gasteiger partial charge in [0.25, 0.3) is 0 Å². The summed E-state index contributed by atoms with van der Waals surface area (Å²) in [6.45, 7) is 6.25. The number of benzene rings is 2. The number of fused-ring (bicyclic) bond motifs is 4. The molecule has 1 aliphatic rings. The van der Waals surface area contributed by atoms with Crippen LogP contribution in [0.5, 0.6) is 5.75 Å². The highest BCUT2D eigenvalue weighted by Crippen LogP contribution is 2.46. The summed E-state index contributed by atoms with van der Waals surface area (Å²) >= 11 is 0. The molecule has 140 valence electrons. The average molecular weight is 368 g/mol. The molecule has 0 N–H and O–H groups in total. The van der Waals surface area contributed by atoms with Gasteiger partial charge in [0, 0.05) is 30.2 Å². The number of para-hydroxylation sites is 1. The summed E-state index contributed by atoms with van der Waals surface area (Å²) in [5, 5.41) is 1.88. The van der Waals surface area contributed by atoms with Crippen LogP contribution in [-0.2, 0) is 19.1 Å². The Morgan fingerprint density at radius 2 is 1.67 bits per heavy atom. The van der Waals surface area contributed by atoms with Gasteiger partial charge in [0.2, 0.25) is 0 Å². The minimum absolute atomic E-state index is 0.467. The minimum Gasteiger partial charge on any atom is -0.483 e. The molecule has 1 aromatic heterocycles. The predicted octanol–water partition coefficient (Wildman–Crippen LogP) is 4.29. The van der Waals surface area contributed by atoms with Crippen molar-refractivity contribution in [3.05, 3.63) is 42.0 Å². The van der Waals surface area contributed by atoms with Crippen molar-refractivity contribution in [1.82, 2.24) is 0 Å². The molecule has 27 heavy (non-hydrogen) atoms. The van der Waals surface area contributed by atoms with Crippen molar-refractivity contribution in [3.8, 4) is 5.75 Å². The first kappa shape index (κ1) is 17.4. The second kappa shape index (κ2) is 6.01. The lowest BCUT2D eigenvalue weighted by Gasteiger charge is -2.43. The predicted molar refractivity (Wildman–Crippen MR) is 98.5 cm³/mol. The quantitative estimate of drug-likeness (QED) is 0.628. The van der Waals surface area contributed by atoms with Crippen LogP contribution >= 0.6 is 0 Å². The van der Waals surface area contributed by atoms with Crippen LogP contribution in [0.15, 0.2) is 40.8 Å². The molecule has 0 saturated heterocycles. The van der Waals surface area contributed by atoms with Crippen molar-refractivity contribution in [2.24, 2.45) is 0 Å². The van der Waals surface area contributed by atoms with Crippen molar-refractivity contribution in [2.45, 2.75) is 45.5 Å². The van der Waals surface area contributed by atoms with Crippen molar-refractivity contribution in [2.75, 3.05) is 0 Å². The Morgan fingerprint density at radius 3 is 2.37 bits per heavy atom. The molecule has 6 heteroatoms. The van der Waals surface area contributed by atoms with E-state index in [0.29, 0.717) is 16.9 Å². The van der Waals surface area contributed by atoms with E-state index in [1.807, 2.05) is 30.3 Å². The molecule has 2 aromatic carbocycles. The van der Waals surface area contributed by atoms with Crippen LogP contribution in [0, 0.1) is 0 Å². The van der Waals surface area contributed by atoms with Crippen LogP contribution in [0.25, 0.3) is 21.9 Å². The van der Waals surface area contributed by atoms with Gasteiger partial charge in [0.05, 0.1) is 0 Å². The molecule has 0 fully saturated rings. The number of hydrogen-bond acceptors (Lipinski definition) is 6. The van der Waals surface area contributed by atoms with Gasteiger partial charge >= 0.3 is 11.9 Å². The number of carbonyl (C=O) groups is 2. The SMILES string of the molecule is CC(=O)O[C@H]1c2cc3oc4ccccc4c3cc2OC(C)(C)[C@H]1OC(C)=O. The fourth-order valence-electron chi connectivity index (χ4n) is 3.63. The van der Waals surface area contributed by atoms with Crippen LogP contribution in [0.4, 0.5) is 0 Å². The minimum atomic E-state index is -0.883. The summed E-state index contributed by atoms with van der Waals surface area (Å²) in [7, 11) is 0. The van der Waals surface area contributed by atoms with Gasteiger partial charge in [-0.15, -0.1) is 0 Å². The largest absolute Gasteiger partial charge is 0.483 e. The van der Waals surface area contributed by atoms with Crippen molar-refractivity contribution < 1.29 is 28.2 Å². The van der Waals surface area contributed by atoms with E-state index in [4.69, 9.17) is 18.6 Å². The topological polar surface area (TPSA) is 75.0 Å². The number of ether oxygens (including phenoxy) is 3. The van der Waals surface area contributed by atoms with Crippen molar-refractivity contribution in [3.63, 3.8) is 0 Å². The Balaban J connectivity index is 1.93. The first-order valence-electron chi connectivity index (χ1n) is 8.75. The van der Waals surface area contributed by atoms with Crippen LogP contribution in [-0.4, -0.2) is 23.6 Å². The van der Waals surface area contributed by atoms with Gasteiger partial charge in [-0.1, -0.05) is 18.2 Å². The maximum absolute atomic E-state index is 11.7. The maximum Gasteiger partial charge on any atom is 0.303 e. The Kier molecular flexibility index (Phi) is 3.87. The van der Waals surface area contributed by atoms with Gasteiger partial charge in [0.15, 0.2) is 12.2 Å². The number of furan rings is 1. The molecule has 0 radical (unpaired) electrons. The number of hydrogen-bond donors (Lipinski definition) is 0. The molecule has 0 bridgehead atoms. The molecule has 4 rings (SSSR count). The second-order valence-electron chi connectivity index (χ2n) is 7.25. The zero-order valence-electron chi connectivity index (χ0n) is 15.6. The highest BCUT2D eigenvalue weighted by atomic mass is 16.6. The number of esters is 2. The average Bonchev–Trinajstić information content (AvgIpc) is 2.93. The Hall–Kier alpha value is -3.02. The summed E-state index contributed by atoms with van der Waals surface area (Å²) in [4.78, 5) is 23.4. The maximum atomic E-state index is 11.7. The van der Waals surface area contributed by atoms with Crippen molar-refractivity contribution >= 4 is 33.9 Å². The Bertz CT molecular complexity index is 1060. The summed E-state index contributed by atoms with van der Waals surface area (Å²) in [6, 6.07) is 11.4. The van der Waals surface area contributed by atoms with Crippen LogP contribution < -0.4 is 4.74 Å². The van der Waals surface area contributed by atoms with Gasteiger partial charge < -0.3 is 18.6 Å². The summed E-state index contributed by atoms with van der Waals surface area (Å²) in [6.07, 6.45) is -1.57. The number of rotatable bonds is 2. The van der Waals surface area contributed by atoms with Crippen LogP contribution in [0.1, 0.15) is 39.4 Å². The molecule has 0 spiro atoms. The van der Waals surface area contributed by atoms with Crippen molar-refractivity contribution in [1.29, 1.82) is 0 Å². The molecule has 3 aromatic rings. The third-order valence-corrected chi connectivity index (χ3v) is 4.73. The molecule has 1 aliphatic heterocycles. The van der Waals surface area contributed by atoms with Gasteiger partial charge in [-0.3, -0.25) is 9.59 Å². The third kappa shape index (κ3) is 2.91. The van der Waals surface area contributed by atoms with E-state index in [2.05, 4.69) is 0 Å². The Morgan fingerprint density at radius 1 is 0.963 bits per heavy atom. The number of carbonyl (C=O) groups excluding carboxylic acids is 2. The Labute approximate surface area is 156 Å². The van der Waals surface area contributed by atoms with E-state index in [1.165, 1.54) is 13.8 Å². The van der Waals surface area contributed by atoms with E-state index in [0.717, 1.165) is 16.4 Å². The molecule has 2 atom stereocenters. The third-order valence-electron chi connectivity index (χ3n) is 4.73. The molecule has 0 unspecified atom stereocenters. The highest BCUT2D eigenvalue weighted by Gasteiger charge is 2.48. The smallest absolute Gasteiger partial charge is 0.303 e. The normalized spacial score (nSPS) is 20.7. The zero-order valence-corrected chi connectivity index (χ0v) is 15.6. The van der Waals surface area contributed by atoms with E-state index in [1.54, 1.807) is 19.9 Å². The molecular formula is C21H20O6. The standard InChI is InChI=1S/C21H20O6/c1-11(22)24-19-15-10-17-14(13-7-5-6-8-16(13)26-17)9-18(15)27-21(3,4)20(19)25-12(2)23/h5-10,19-20H,1-4H3/t19-,20-/m0/s1. The van der Waals surface area contributed by atoms with Gasteiger partial charge in [-0.2, -0.15) is 0 Å². The summed E-state index contributed by atoms with van der Waals surface area (Å²) in [5.74, 6) is -0.360. The van der Waals surface area contributed by atoms with Crippen LogP contribution in [0.3, 0.4) is 0 Å². The fraction of sp³-hybridized carbons (Fsp3) is 0.333. The molecular weight excluding hydrogens is 348 g/mol. The zero-order chi connectivity index (χ0) is 19.3. The molecule has 0 saturated carbocycles. The summed E-state index contributed by atoms with van der Waals surface area (Å²) in [5.41, 5.74) is 1.14. The van der Waals surface area contributed by atoms with Gasteiger partial charge in [-0.05, 0) is 32.0 Å².